The number of halogens is 6. The van der Waals surface area contributed by atoms with E-state index in [2.05, 4.69) is 4.98 Å². The Morgan fingerprint density at radius 3 is 1.83 bits per heavy atom. The second-order valence-corrected chi connectivity index (χ2v) is 4.52. The summed E-state index contributed by atoms with van der Waals surface area (Å²) in [7, 11) is 0. The van der Waals surface area contributed by atoms with Crippen LogP contribution in [0.2, 0.25) is 0 Å². The van der Waals surface area contributed by atoms with Gasteiger partial charge in [-0.25, -0.2) is 4.98 Å². The minimum Gasteiger partial charge on any atom is -0.871 e. The van der Waals surface area contributed by atoms with Crippen LogP contribution < -0.4 is 61.2 Å². The summed E-state index contributed by atoms with van der Waals surface area (Å²) in [5.41, 5.74) is -0.944. The SMILES string of the molecule is [K+].[O-]c1ccc(Oc2ccc(C(C(F)(F)F)C(F)(F)F)cc2)nc1. The monoisotopic (exact) mass is 375 g/mol. The van der Waals surface area contributed by atoms with Crippen molar-refractivity contribution < 1.29 is 87.6 Å². The van der Waals surface area contributed by atoms with Crippen LogP contribution >= 0.6 is 0 Å². The summed E-state index contributed by atoms with van der Waals surface area (Å²) in [6, 6.07) is 5.68. The first-order chi connectivity index (χ1) is 10.6. The van der Waals surface area contributed by atoms with Gasteiger partial charge in [-0.2, -0.15) is 26.3 Å². The van der Waals surface area contributed by atoms with E-state index < -0.39 is 23.8 Å². The molecule has 0 unspecified atom stereocenters. The van der Waals surface area contributed by atoms with Gasteiger partial charge in [-0.1, -0.05) is 23.9 Å². The van der Waals surface area contributed by atoms with Crippen LogP contribution in [-0.2, 0) is 0 Å². The zero-order chi connectivity index (χ0) is 17.3. The Balaban J connectivity index is 0.00000288. The van der Waals surface area contributed by atoms with Gasteiger partial charge >= 0.3 is 63.7 Å². The van der Waals surface area contributed by atoms with Crippen LogP contribution in [0.25, 0.3) is 0 Å². The summed E-state index contributed by atoms with van der Waals surface area (Å²) in [6.45, 7) is 0. The maximum Gasteiger partial charge on any atom is 1.00 e. The first-order valence-electron chi connectivity index (χ1n) is 6.11. The van der Waals surface area contributed by atoms with E-state index in [-0.39, 0.29) is 68.8 Å². The summed E-state index contributed by atoms with van der Waals surface area (Å²) in [5.74, 6) is -3.96. The molecule has 0 saturated heterocycles. The molecule has 0 fully saturated rings. The molecule has 0 spiro atoms. The van der Waals surface area contributed by atoms with Gasteiger partial charge in [-0.3, -0.25) is 0 Å². The number of benzene rings is 1. The quantitative estimate of drug-likeness (QED) is 0.598. The first-order valence-corrected chi connectivity index (χ1v) is 6.11. The summed E-state index contributed by atoms with van der Waals surface area (Å²) in [4.78, 5) is 3.61. The van der Waals surface area contributed by atoms with Gasteiger partial charge in [0.05, 0.1) is 0 Å². The summed E-state index contributed by atoms with van der Waals surface area (Å²) >= 11 is 0. The van der Waals surface area contributed by atoms with Crippen molar-refractivity contribution in [1.29, 1.82) is 0 Å². The van der Waals surface area contributed by atoms with Crippen LogP contribution in [0.4, 0.5) is 26.3 Å². The fourth-order valence-corrected chi connectivity index (χ4v) is 1.84. The molecule has 24 heavy (non-hydrogen) atoms. The van der Waals surface area contributed by atoms with Gasteiger partial charge in [-0.05, 0) is 17.7 Å². The summed E-state index contributed by atoms with van der Waals surface area (Å²) in [5, 5.41) is 10.9. The maximum atomic E-state index is 12.6. The van der Waals surface area contributed by atoms with Crippen molar-refractivity contribution in [2.75, 3.05) is 0 Å². The molecular weight excluding hydrogens is 367 g/mol. The number of alkyl halides is 6. The normalized spacial score (nSPS) is 12.0. The van der Waals surface area contributed by atoms with Gasteiger partial charge in [0, 0.05) is 12.3 Å². The third-order valence-corrected chi connectivity index (χ3v) is 2.80. The van der Waals surface area contributed by atoms with Gasteiger partial charge in [-0.15, -0.1) is 0 Å². The maximum absolute atomic E-state index is 12.6. The fraction of sp³-hybridized carbons (Fsp3) is 0.214. The van der Waals surface area contributed by atoms with E-state index >= 15 is 0 Å². The van der Waals surface area contributed by atoms with E-state index in [1.807, 2.05) is 0 Å². The molecule has 2 aromatic rings. The van der Waals surface area contributed by atoms with E-state index in [4.69, 9.17) is 4.74 Å². The van der Waals surface area contributed by atoms with Crippen molar-refractivity contribution in [2.24, 2.45) is 0 Å². The first kappa shape index (κ1) is 21.2. The Kier molecular flexibility index (Phi) is 7.12. The molecule has 3 nitrogen and oxygen atoms in total. The Bertz CT molecular complexity index is 641. The third-order valence-electron chi connectivity index (χ3n) is 2.80. The molecule has 0 saturated carbocycles. The molecule has 0 N–H and O–H groups in total. The Morgan fingerprint density at radius 2 is 1.42 bits per heavy atom. The Hall–Kier alpha value is -0.814. The largest absolute Gasteiger partial charge is 1.00 e. The van der Waals surface area contributed by atoms with E-state index in [9.17, 15) is 31.4 Å². The predicted molar refractivity (Wildman–Crippen MR) is 65.1 cm³/mol. The van der Waals surface area contributed by atoms with Crippen molar-refractivity contribution in [2.45, 2.75) is 18.3 Å². The summed E-state index contributed by atoms with van der Waals surface area (Å²) in [6.07, 6.45) is -9.94. The van der Waals surface area contributed by atoms with Crippen LogP contribution in [0.1, 0.15) is 11.5 Å². The molecule has 0 atom stereocenters. The fourth-order valence-electron chi connectivity index (χ4n) is 1.84. The molecule has 0 amide bonds. The minimum atomic E-state index is -5.45. The van der Waals surface area contributed by atoms with Crippen molar-refractivity contribution in [3.05, 3.63) is 48.2 Å². The predicted octanol–water partition coefficient (Wildman–Crippen LogP) is 1.16. The number of hydrogen-bond acceptors (Lipinski definition) is 3. The Morgan fingerprint density at radius 1 is 0.875 bits per heavy atom. The Labute approximate surface area is 175 Å². The second-order valence-electron chi connectivity index (χ2n) is 4.52. The van der Waals surface area contributed by atoms with Crippen molar-refractivity contribution in [3.63, 3.8) is 0 Å². The summed E-state index contributed by atoms with van der Waals surface area (Å²) < 4.78 is 80.7. The van der Waals surface area contributed by atoms with E-state index in [1.165, 1.54) is 6.07 Å². The van der Waals surface area contributed by atoms with Gasteiger partial charge in [0.25, 0.3) is 0 Å². The van der Waals surface area contributed by atoms with Gasteiger partial charge in [0.2, 0.25) is 5.88 Å². The number of aromatic nitrogens is 1. The average molecular weight is 375 g/mol. The smallest absolute Gasteiger partial charge is 0.871 e. The topological polar surface area (TPSA) is 45.2 Å². The molecule has 0 aliphatic rings. The zero-order valence-electron chi connectivity index (χ0n) is 12.2. The van der Waals surface area contributed by atoms with E-state index in [1.54, 1.807) is 0 Å². The number of pyridine rings is 1. The molecule has 1 aromatic heterocycles. The van der Waals surface area contributed by atoms with Crippen LogP contribution in [0.3, 0.4) is 0 Å². The van der Waals surface area contributed by atoms with E-state index in [0.717, 1.165) is 24.4 Å². The van der Waals surface area contributed by atoms with Gasteiger partial charge in [0.1, 0.15) is 5.75 Å². The molecule has 0 bridgehead atoms. The zero-order valence-corrected chi connectivity index (χ0v) is 15.3. The number of rotatable bonds is 3. The molecule has 10 heteroatoms. The molecule has 0 aliphatic heterocycles. The standard InChI is InChI=1S/C14H9F6NO2.K/c15-13(16,17)12(14(18,19)20)8-1-4-10(5-2-8)23-11-6-3-9(22)7-21-11;/h1-7,12,22H;/q;+1/p-1. The number of nitrogens with zero attached hydrogens (tertiary/aromatic N) is 1. The van der Waals surface area contributed by atoms with Crippen LogP contribution in [-0.4, -0.2) is 17.3 Å². The van der Waals surface area contributed by atoms with Crippen molar-refractivity contribution in [1.82, 2.24) is 4.98 Å². The molecule has 0 aliphatic carbocycles. The molecule has 2 rings (SSSR count). The average Bonchev–Trinajstić information content (AvgIpc) is 2.40. The molecule has 1 aromatic carbocycles. The minimum absolute atomic E-state index is 0. The van der Waals surface area contributed by atoms with Crippen molar-refractivity contribution in [3.8, 4) is 17.4 Å². The van der Waals surface area contributed by atoms with Crippen LogP contribution in [0, 0.1) is 0 Å². The number of hydrogen-bond donors (Lipinski definition) is 0. The molecular formula is C14H8F6KNO2. The van der Waals surface area contributed by atoms with Gasteiger partial charge in [0.15, 0.2) is 5.92 Å². The molecule has 0 radical (unpaired) electrons. The number of ether oxygens (including phenoxy) is 1. The molecule has 1 heterocycles. The van der Waals surface area contributed by atoms with Crippen molar-refractivity contribution >= 4 is 0 Å². The van der Waals surface area contributed by atoms with Gasteiger partial charge < -0.3 is 9.84 Å². The van der Waals surface area contributed by atoms with E-state index in [0.29, 0.717) is 12.1 Å². The van der Waals surface area contributed by atoms with Crippen LogP contribution in [0.15, 0.2) is 42.6 Å². The molecule has 124 valence electrons. The second kappa shape index (κ2) is 8.04. The third kappa shape index (κ3) is 5.62. The van der Waals surface area contributed by atoms with Crippen LogP contribution in [0.5, 0.6) is 17.4 Å².